The van der Waals surface area contributed by atoms with E-state index in [9.17, 15) is 9.59 Å². The van der Waals surface area contributed by atoms with Crippen LogP contribution in [0.3, 0.4) is 0 Å². The number of dihydropyridines is 1. The molecule has 1 rings (SSSR count). The fourth-order valence-corrected chi connectivity index (χ4v) is 0.376. The number of rotatable bonds is 0. The maximum absolute atomic E-state index is 10.2. The largest absolute Gasteiger partial charge is 0.317 e. The zero-order valence-corrected chi connectivity index (χ0v) is 7.67. The average Bonchev–Trinajstić information content (AvgIpc) is 1.77. The Bertz CT molecular complexity index is 173. The van der Waals surface area contributed by atoms with Crippen molar-refractivity contribution in [3.63, 3.8) is 0 Å². The number of hydrogen-bond donors (Lipinski definition) is 0. The Labute approximate surface area is 64.6 Å². The van der Waals surface area contributed by atoms with Crippen molar-refractivity contribution in [2.45, 2.75) is 0 Å². The molecule has 0 atom stereocenters. The molecule has 0 bridgehead atoms. The van der Waals surface area contributed by atoms with Crippen LogP contribution in [0, 0.1) is 0 Å². The fraction of sp³-hybridized carbons (Fsp3) is 0. The fourth-order valence-electron chi connectivity index (χ4n) is 0.376. The van der Waals surface area contributed by atoms with Crippen LogP contribution in [0.4, 0.5) is 0 Å². The van der Waals surface area contributed by atoms with Gasteiger partial charge in [-0.15, -0.1) is 0 Å². The van der Waals surface area contributed by atoms with Crippen LogP contribution in [0.15, 0.2) is 17.1 Å². The first-order valence-corrected chi connectivity index (χ1v) is 2.10. The van der Waals surface area contributed by atoms with Crippen LogP contribution in [0.2, 0.25) is 0 Å². The summed E-state index contributed by atoms with van der Waals surface area (Å²) in [4.78, 5) is 23.6. The van der Waals surface area contributed by atoms with E-state index in [1.807, 2.05) is 0 Å². The Morgan fingerprint density at radius 3 is 2.33 bits per heavy atom. The molecule has 3 nitrogen and oxygen atoms in total. The quantitative estimate of drug-likeness (QED) is 0.375. The number of aliphatic imine (C=N–C) groups is 1. The molecule has 1 aliphatic heterocycles. The molecule has 0 radical (unpaired) electrons. The standard InChI is InChI=1S/C5H3NO2.Zn/c7-4-2-1-3-6-5(4)8;/h1-3H;. The van der Waals surface area contributed by atoms with Gasteiger partial charge in [0.2, 0.25) is 5.78 Å². The van der Waals surface area contributed by atoms with Gasteiger partial charge < -0.3 is 0 Å². The second kappa shape index (κ2) is 3.41. The Morgan fingerprint density at radius 1 is 1.33 bits per heavy atom. The predicted molar refractivity (Wildman–Crippen MR) is 27.6 cm³/mol. The molecule has 0 aromatic carbocycles. The summed E-state index contributed by atoms with van der Waals surface area (Å²) in [5.41, 5.74) is 0. The third kappa shape index (κ3) is 1.98. The maximum atomic E-state index is 10.2. The summed E-state index contributed by atoms with van der Waals surface area (Å²) >= 11 is 0. The monoisotopic (exact) mass is 173 g/mol. The summed E-state index contributed by atoms with van der Waals surface area (Å²) in [6, 6.07) is 0. The Kier molecular flexibility index (Phi) is 3.17. The van der Waals surface area contributed by atoms with Gasteiger partial charge in [0.1, 0.15) is 0 Å². The third-order valence-electron chi connectivity index (χ3n) is 0.736. The molecule has 9 heavy (non-hydrogen) atoms. The first kappa shape index (κ1) is 8.37. The first-order valence-electron chi connectivity index (χ1n) is 2.10. The number of allylic oxidation sites excluding steroid dienone is 1. The zero-order valence-electron chi connectivity index (χ0n) is 4.70. The van der Waals surface area contributed by atoms with Crippen molar-refractivity contribution in [3.8, 4) is 0 Å². The van der Waals surface area contributed by atoms with Gasteiger partial charge in [-0.3, -0.25) is 9.59 Å². The molecule has 0 N–H and O–H groups in total. The zero-order chi connectivity index (χ0) is 5.98. The van der Waals surface area contributed by atoms with Gasteiger partial charge in [0.15, 0.2) is 0 Å². The van der Waals surface area contributed by atoms with E-state index in [0.717, 1.165) is 0 Å². The SMILES string of the molecule is O=C1C=CC=NC1=O.[Zn]. The molecule has 0 spiro atoms. The van der Waals surface area contributed by atoms with E-state index in [-0.39, 0.29) is 19.5 Å². The minimum atomic E-state index is -0.687. The minimum Gasteiger partial charge on any atom is -0.284 e. The second-order valence-corrected chi connectivity index (χ2v) is 1.31. The number of hydrogen-bond acceptors (Lipinski definition) is 2. The van der Waals surface area contributed by atoms with Gasteiger partial charge in [0.05, 0.1) is 0 Å². The second-order valence-electron chi connectivity index (χ2n) is 1.31. The van der Waals surface area contributed by atoms with Crippen molar-refractivity contribution < 1.29 is 29.1 Å². The normalized spacial score (nSPS) is 15.6. The van der Waals surface area contributed by atoms with Crippen LogP contribution >= 0.6 is 0 Å². The van der Waals surface area contributed by atoms with E-state index in [2.05, 4.69) is 4.99 Å². The van der Waals surface area contributed by atoms with Gasteiger partial charge in [-0.05, 0) is 12.2 Å². The van der Waals surface area contributed by atoms with Crippen LogP contribution < -0.4 is 0 Å². The molecular formula is C5H3NO2Zn. The number of amides is 1. The number of nitrogens with zero attached hydrogens (tertiary/aromatic N) is 1. The van der Waals surface area contributed by atoms with E-state index < -0.39 is 11.7 Å². The van der Waals surface area contributed by atoms with E-state index in [0.29, 0.717) is 0 Å². The van der Waals surface area contributed by atoms with Crippen molar-refractivity contribution in [1.29, 1.82) is 0 Å². The number of ketones is 1. The Balaban J connectivity index is 0.000000640. The van der Waals surface area contributed by atoms with Crippen LogP contribution in [0.25, 0.3) is 0 Å². The van der Waals surface area contributed by atoms with Crippen LogP contribution in [-0.2, 0) is 29.1 Å². The molecule has 4 heteroatoms. The molecule has 1 heterocycles. The van der Waals surface area contributed by atoms with Crippen molar-refractivity contribution in [1.82, 2.24) is 0 Å². The Hall–Kier alpha value is -0.627. The molecule has 0 aliphatic carbocycles. The molecule has 0 aromatic heterocycles. The summed E-state index contributed by atoms with van der Waals surface area (Å²) < 4.78 is 0. The minimum absolute atomic E-state index is 0. The van der Waals surface area contributed by atoms with E-state index in [1.165, 1.54) is 18.4 Å². The molecule has 0 fully saturated rings. The van der Waals surface area contributed by atoms with Gasteiger partial charge in [-0.25, -0.2) is 4.99 Å². The Morgan fingerprint density at radius 2 is 2.00 bits per heavy atom. The summed E-state index contributed by atoms with van der Waals surface area (Å²) in [5.74, 6) is -1.24. The summed E-state index contributed by atoms with van der Waals surface area (Å²) in [6.45, 7) is 0. The average molecular weight is 174 g/mol. The van der Waals surface area contributed by atoms with Gasteiger partial charge in [0, 0.05) is 25.7 Å². The molecule has 0 unspecified atom stereocenters. The molecular weight excluding hydrogens is 171 g/mol. The predicted octanol–water partition coefficient (Wildman–Crippen LogP) is -0.280. The molecule has 1 amide bonds. The van der Waals surface area contributed by atoms with Gasteiger partial charge in [0.25, 0.3) is 0 Å². The van der Waals surface area contributed by atoms with Crippen LogP contribution in [0.5, 0.6) is 0 Å². The summed E-state index contributed by atoms with van der Waals surface area (Å²) in [6.07, 6.45) is 3.92. The number of carbonyl (C=O) groups excluding carboxylic acids is 2. The number of carbonyl (C=O) groups is 2. The molecule has 0 aromatic rings. The van der Waals surface area contributed by atoms with Gasteiger partial charge in [-0.1, -0.05) is 0 Å². The molecule has 1 aliphatic rings. The van der Waals surface area contributed by atoms with E-state index >= 15 is 0 Å². The van der Waals surface area contributed by atoms with Crippen molar-refractivity contribution in [2.24, 2.45) is 4.99 Å². The van der Waals surface area contributed by atoms with Crippen molar-refractivity contribution >= 4 is 17.9 Å². The van der Waals surface area contributed by atoms with Crippen molar-refractivity contribution in [3.05, 3.63) is 12.2 Å². The topological polar surface area (TPSA) is 46.5 Å². The van der Waals surface area contributed by atoms with Gasteiger partial charge >= 0.3 is 5.91 Å². The smallest absolute Gasteiger partial charge is 0.284 e. The maximum Gasteiger partial charge on any atom is 0.317 e. The van der Waals surface area contributed by atoms with E-state index in [4.69, 9.17) is 0 Å². The molecule has 42 valence electrons. The van der Waals surface area contributed by atoms with Gasteiger partial charge in [-0.2, -0.15) is 0 Å². The van der Waals surface area contributed by atoms with Crippen LogP contribution in [0.1, 0.15) is 0 Å². The molecule has 0 saturated heterocycles. The van der Waals surface area contributed by atoms with E-state index in [1.54, 1.807) is 0 Å². The third-order valence-corrected chi connectivity index (χ3v) is 0.736. The first-order chi connectivity index (χ1) is 3.80. The summed E-state index contributed by atoms with van der Waals surface area (Å²) in [5, 5.41) is 0. The summed E-state index contributed by atoms with van der Waals surface area (Å²) in [7, 11) is 0. The van der Waals surface area contributed by atoms with Crippen molar-refractivity contribution in [2.75, 3.05) is 0 Å². The van der Waals surface area contributed by atoms with Crippen LogP contribution in [-0.4, -0.2) is 17.9 Å². The molecule has 0 saturated carbocycles.